The molecule has 0 unspecified atom stereocenters. The highest BCUT2D eigenvalue weighted by molar-refractivity contribution is 5.44. The van der Waals surface area contributed by atoms with Crippen molar-refractivity contribution in [2.75, 3.05) is 20.0 Å². The number of nitrogens with two attached hydrogens (primary N) is 1. The number of aromatic nitrogens is 1. The van der Waals surface area contributed by atoms with E-state index in [9.17, 15) is 0 Å². The summed E-state index contributed by atoms with van der Waals surface area (Å²) >= 11 is 0. The number of pyridine rings is 1. The van der Waals surface area contributed by atoms with Crippen molar-refractivity contribution in [1.82, 2.24) is 4.98 Å². The van der Waals surface area contributed by atoms with E-state index in [0.717, 1.165) is 29.0 Å². The molecular weight excluding hydrogens is 228 g/mol. The van der Waals surface area contributed by atoms with Crippen LogP contribution in [0, 0.1) is 0 Å². The van der Waals surface area contributed by atoms with E-state index in [-0.39, 0.29) is 0 Å². The molecular formula is C14H16N2O2. The van der Waals surface area contributed by atoms with Crippen molar-refractivity contribution in [1.29, 1.82) is 0 Å². The van der Waals surface area contributed by atoms with E-state index >= 15 is 0 Å². The van der Waals surface area contributed by atoms with Crippen molar-refractivity contribution in [3.63, 3.8) is 0 Å². The maximum atomic E-state index is 5.66. The van der Waals surface area contributed by atoms with Gasteiger partial charge in [-0.25, -0.2) is 4.98 Å². The first kappa shape index (κ1) is 12.2. The van der Waals surface area contributed by atoms with Crippen molar-refractivity contribution < 1.29 is 9.47 Å². The first-order valence-corrected chi connectivity index (χ1v) is 5.64. The van der Waals surface area contributed by atoms with E-state index in [2.05, 4.69) is 4.98 Å². The van der Waals surface area contributed by atoms with Gasteiger partial charge in [-0.15, -0.1) is 0 Å². The number of anilines is 1. The Morgan fingerprint density at radius 3 is 2.39 bits per heavy atom. The molecule has 2 aromatic rings. The number of methoxy groups -OCH3 is 2. The van der Waals surface area contributed by atoms with Gasteiger partial charge in [0.05, 0.1) is 14.2 Å². The molecule has 94 valence electrons. The zero-order chi connectivity index (χ0) is 13.0. The third-order valence-electron chi connectivity index (χ3n) is 2.70. The summed E-state index contributed by atoms with van der Waals surface area (Å²) < 4.78 is 10.5. The van der Waals surface area contributed by atoms with Gasteiger partial charge in [0.15, 0.2) is 11.5 Å². The highest BCUT2D eigenvalue weighted by atomic mass is 16.5. The van der Waals surface area contributed by atoms with Crippen molar-refractivity contribution in [3.8, 4) is 11.5 Å². The van der Waals surface area contributed by atoms with Crippen LogP contribution in [0.2, 0.25) is 0 Å². The summed E-state index contributed by atoms with van der Waals surface area (Å²) in [5.74, 6) is 2.00. The second kappa shape index (κ2) is 5.40. The third-order valence-corrected chi connectivity index (χ3v) is 2.70. The predicted molar refractivity (Wildman–Crippen MR) is 71.0 cm³/mol. The number of nitrogens with zero attached hydrogens (tertiary/aromatic N) is 1. The first-order valence-electron chi connectivity index (χ1n) is 5.64. The molecule has 4 heteroatoms. The summed E-state index contributed by atoms with van der Waals surface area (Å²) in [6.45, 7) is 0. The summed E-state index contributed by atoms with van der Waals surface area (Å²) in [4.78, 5) is 3.98. The molecule has 0 saturated heterocycles. The van der Waals surface area contributed by atoms with Gasteiger partial charge >= 0.3 is 0 Å². The van der Waals surface area contributed by atoms with Gasteiger partial charge in [-0.3, -0.25) is 0 Å². The first-order chi connectivity index (χ1) is 8.72. The molecule has 0 aliphatic carbocycles. The molecule has 0 aliphatic heterocycles. The van der Waals surface area contributed by atoms with Crippen LogP contribution in [0.3, 0.4) is 0 Å². The lowest BCUT2D eigenvalue weighted by Crippen LogP contribution is -1.95. The molecule has 18 heavy (non-hydrogen) atoms. The van der Waals surface area contributed by atoms with Crippen LogP contribution in [0.25, 0.3) is 0 Å². The van der Waals surface area contributed by atoms with Gasteiger partial charge in [-0.05, 0) is 41.8 Å². The summed E-state index contributed by atoms with van der Waals surface area (Å²) in [5.41, 5.74) is 7.92. The van der Waals surface area contributed by atoms with Crippen LogP contribution in [0.1, 0.15) is 11.1 Å². The highest BCUT2D eigenvalue weighted by Gasteiger charge is 2.05. The topological polar surface area (TPSA) is 57.4 Å². The van der Waals surface area contributed by atoms with E-state index in [4.69, 9.17) is 15.2 Å². The predicted octanol–water partition coefficient (Wildman–Crippen LogP) is 2.27. The van der Waals surface area contributed by atoms with E-state index in [0.29, 0.717) is 5.82 Å². The number of ether oxygens (including phenoxy) is 2. The fourth-order valence-corrected chi connectivity index (χ4v) is 1.83. The van der Waals surface area contributed by atoms with Crippen LogP contribution < -0.4 is 15.2 Å². The normalized spacial score (nSPS) is 10.1. The monoisotopic (exact) mass is 244 g/mol. The molecule has 0 spiro atoms. The number of benzene rings is 1. The lowest BCUT2D eigenvalue weighted by atomic mass is 10.1. The molecule has 0 fully saturated rings. The van der Waals surface area contributed by atoms with Crippen molar-refractivity contribution in [2.24, 2.45) is 0 Å². The lowest BCUT2D eigenvalue weighted by Gasteiger charge is -2.09. The Balaban J connectivity index is 2.24. The average Bonchev–Trinajstić information content (AvgIpc) is 2.38. The molecule has 0 saturated carbocycles. The minimum Gasteiger partial charge on any atom is -0.493 e. The van der Waals surface area contributed by atoms with E-state index in [1.165, 1.54) is 0 Å². The molecule has 1 heterocycles. The number of nitrogen functional groups attached to an aromatic ring is 1. The van der Waals surface area contributed by atoms with E-state index < -0.39 is 0 Å². The van der Waals surface area contributed by atoms with Crippen LogP contribution >= 0.6 is 0 Å². The van der Waals surface area contributed by atoms with Crippen molar-refractivity contribution in [3.05, 3.63) is 47.7 Å². The fourth-order valence-electron chi connectivity index (χ4n) is 1.83. The van der Waals surface area contributed by atoms with Gasteiger partial charge < -0.3 is 15.2 Å². The third kappa shape index (κ3) is 2.71. The van der Waals surface area contributed by atoms with Crippen LogP contribution in [0.5, 0.6) is 11.5 Å². The molecule has 0 amide bonds. The molecule has 0 radical (unpaired) electrons. The highest BCUT2D eigenvalue weighted by Crippen LogP contribution is 2.28. The zero-order valence-corrected chi connectivity index (χ0v) is 10.5. The Morgan fingerprint density at radius 1 is 1.00 bits per heavy atom. The van der Waals surface area contributed by atoms with Gasteiger partial charge in [-0.2, -0.15) is 0 Å². The van der Waals surface area contributed by atoms with Crippen LogP contribution in [-0.4, -0.2) is 19.2 Å². The molecule has 1 aromatic heterocycles. The van der Waals surface area contributed by atoms with E-state index in [1.54, 1.807) is 20.4 Å². The lowest BCUT2D eigenvalue weighted by molar-refractivity contribution is 0.354. The summed E-state index contributed by atoms with van der Waals surface area (Å²) in [6.07, 6.45) is 2.50. The van der Waals surface area contributed by atoms with E-state index in [1.807, 2.05) is 30.3 Å². The van der Waals surface area contributed by atoms with Crippen molar-refractivity contribution >= 4 is 5.82 Å². The van der Waals surface area contributed by atoms with Crippen molar-refractivity contribution in [2.45, 2.75) is 6.42 Å². The second-order valence-corrected chi connectivity index (χ2v) is 3.96. The second-order valence-electron chi connectivity index (χ2n) is 3.96. The summed E-state index contributed by atoms with van der Waals surface area (Å²) in [5, 5.41) is 0. The smallest absolute Gasteiger partial charge is 0.160 e. The Labute approximate surface area is 106 Å². The summed E-state index contributed by atoms with van der Waals surface area (Å²) in [7, 11) is 3.26. The number of rotatable bonds is 4. The maximum absolute atomic E-state index is 5.66. The quantitative estimate of drug-likeness (QED) is 0.896. The summed E-state index contributed by atoms with van der Waals surface area (Å²) in [6, 6.07) is 9.70. The molecule has 0 aliphatic rings. The number of hydrogen-bond acceptors (Lipinski definition) is 4. The maximum Gasteiger partial charge on any atom is 0.160 e. The average molecular weight is 244 g/mol. The molecule has 4 nitrogen and oxygen atoms in total. The Hall–Kier alpha value is -2.23. The van der Waals surface area contributed by atoms with Crippen LogP contribution in [-0.2, 0) is 6.42 Å². The largest absolute Gasteiger partial charge is 0.493 e. The Kier molecular flexibility index (Phi) is 3.67. The molecule has 2 N–H and O–H groups in total. The number of hydrogen-bond donors (Lipinski definition) is 1. The van der Waals surface area contributed by atoms with Gasteiger partial charge in [0.2, 0.25) is 0 Å². The molecule has 2 rings (SSSR count). The Morgan fingerprint density at radius 2 is 1.72 bits per heavy atom. The molecule has 0 atom stereocenters. The molecule has 0 bridgehead atoms. The van der Waals surface area contributed by atoms with Gasteiger partial charge in [0.25, 0.3) is 0 Å². The van der Waals surface area contributed by atoms with Gasteiger partial charge in [0.1, 0.15) is 5.82 Å². The van der Waals surface area contributed by atoms with Crippen LogP contribution in [0.4, 0.5) is 5.82 Å². The standard InChI is InChI=1S/C14H16N2O2/c1-17-12-4-3-10(8-13(12)18-2)7-11-5-6-16-14(15)9-11/h3-6,8-9H,7H2,1-2H3,(H2,15,16). The molecule has 1 aromatic carbocycles. The zero-order valence-electron chi connectivity index (χ0n) is 10.5. The minimum atomic E-state index is 0.535. The van der Waals surface area contributed by atoms with Gasteiger partial charge in [-0.1, -0.05) is 6.07 Å². The SMILES string of the molecule is COc1ccc(Cc2ccnc(N)c2)cc1OC. The van der Waals surface area contributed by atoms with Gasteiger partial charge in [0, 0.05) is 6.20 Å². The van der Waals surface area contributed by atoms with Crippen LogP contribution in [0.15, 0.2) is 36.5 Å². The minimum absolute atomic E-state index is 0.535. The fraction of sp³-hybridized carbons (Fsp3) is 0.214. The Bertz CT molecular complexity index is 541.